The standard InChI is InChI=1S/C27H27FN8O5S/c1-3-34-15-20(25(38)19-12-21(28)23(13-22(19)34)35-10-8-33(2)9-11-35)26-31-32-27(41-26)42-16-24(37)30-29-14-17-4-6-18(7-5-17)36(39)40/h4-7,12-15H,3,8-11,16H2,1-2H3,(H,30,37)/b29-14+. The zero-order chi connectivity index (χ0) is 29.8. The van der Waals surface area contributed by atoms with Gasteiger partial charge < -0.3 is 18.8 Å². The number of rotatable bonds is 9. The molecular formula is C27H27FN8O5S. The van der Waals surface area contributed by atoms with Crippen LogP contribution in [0.5, 0.6) is 0 Å². The summed E-state index contributed by atoms with van der Waals surface area (Å²) in [4.78, 5) is 40.0. The van der Waals surface area contributed by atoms with Crippen molar-refractivity contribution >= 4 is 46.2 Å². The molecule has 3 heterocycles. The maximum Gasteiger partial charge on any atom is 0.277 e. The SMILES string of the molecule is CCn1cc(-c2nnc(SCC(=O)N/N=C/c3ccc([N+](=O)[O-])cc3)o2)c(=O)c2cc(F)c(N3CCN(C)CC3)cc21. The molecule has 2 aromatic heterocycles. The van der Waals surface area contributed by atoms with E-state index in [9.17, 15) is 19.7 Å². The number of benzene rings is 2. The third kappa shape index (κ3) is 6.31. The van der Waals surface area contributed by atoms with Crippen molar-refractivity contribution in [1.29, 1.82) is 0 Å². The van der Waals surface area contributed by atoms with Gasteiger partial charge in [-0.25, -0.2) is 9.82 Å². The molecule has 5 rings (SSSR count). The Morgan fingerprint density at radius 2 is 1.95 bits per heavy atom. The monoisotopic (exact) mass is 594 g/mol. The van der Waals surface area contributed by atoms with Crippen LogP contribution in [0.25, 0.3) is 22.4 Å². The Hall–Kier alpha value is -4.63. The van der Waals surface area contributed by atoms with Crippen molar-refractivity contribution in [2.45, 2.75) is 18.7 Å². The smallest absolute Gasteiger partial charge is 0.277 e. The summed E-state index contributed by atoms with van der Waals surface area (Å²) < 4.78 is 22.7. The summed E-state index contributed by atoms with van der Waals surface area (Å²) in [6, 6.07) is 8.67. The number of carbonyl (C=O) groups excluding carboxylic acids is 1. The number of hydrogen-bond donors (Lipinski definition) is 1. The van der Waals surface area contributed by atoms with E-state index in [0.29, 0.717) is 36.4 Å². The average molecular weight is 595 g/mol. The predicted octanol–water partition coefficient (Wildman–Crippen LogP) is 3.11. The number of likely N-dealkylation sites (N-methyl/N-ethyl adjacent to an activating group) is 1. The van der Waals surface area contributed by atoms with E-state index in [1.807, 2.05) is 23.4 Å². The Morgan fingerprint density at radius 3 is 2.64 bits per heavy atom. The van der Waals surface area contributed by atoms with Gasteiger partial charge in [0, 0.05) is 56.4 Å². The Labute approximate surface area is 243 Å². The van der Waals surface area contributed by atoms with Gasteiger partial charge in [-0.2, -0.15) is 5.10 Å². The molecular weight excluding hydrogens is 567 g/mol. The second kappa shape index (κ2) is 12.5. The molecule has 15 heteroatoms. The molecule has 1 aliphatic heterocycles. The minimum Gasteiger partial charge on any atom is -0.411 e. The number of carbonyl (C=O) groups is 1. The highest BCUT2D eigenvalue weighted by Gasteiger charge is 2.22. The molecule has 1 saturated heterocycles. The van der Waals surface area contributed by atoms with Crippen LogP contribution in [0.3, 0.4) is 0 Å². The molecule has 0 saturated carbocycles. The second-order valence-corrected chi connectivity index (χ2v) is 10.5. The van der Waals surface area contributed by atoms with Crippen molar-refractivity contribution in [2.75, 3.05) is 43.9 Å². The predicted molar refractivity (Wildman–Crippen MR) is 156 cm³/mol. The number of halogens is 1. The quantitative estimate of drug-likeness (QED) is 0.132. The maximum atomic E-state index is 15.2. The van der Waals surface area contributed by atoms with Crippen molar-refractivity contribution in [3.63, 3.8) is 0 Å². The minimum atomic E-state index is -0.507. The minimum absolute atomic E-state index is 0.0354. The number of nitro benzene ring substituents is 1. The van der Waals surface area contributed by atoms with Crippen LogP contribution in [-0.4, -0.2) is 75.7 Å². The number of nitrogens with one attached hydrogen (secondary N) is 1. The number of amides is 1. The van der Waals surface area contributed by atoms with E-state index in [1.165, 1.54) is 36.5 Å². The van der Waals surface area contributed by atoms with Crippen LogP contribution in [0.1, 0.15) is 12.5 Å². The molecule has 42 heavy (non-hydrogen) atoms. The van der Waals surface area contributed by atoms with Gasteiger partial charge in [-0.05, 0) is 43.8 Å². The van der Waals surface area contributed by atoms with Crippen LogP contribution in [0.4, 0.5) is 15.8 Å². The molecule has 1 amide bonds. The average Bonchev–Trinajstić information content (AvgIpc) is 3.46. The summed E-state index contributed by atoms with van der Waals surface area (Å²) in [6.45, 7) is 5.48. The number of aryl methyl sites for hydroxylation is 1. The van der Waals surface area contributed by atoms with Crippen LogP contribution in [0.15, 0.2) is 62.1 Å². The Bertz CT molecular complexity index is 1710. The van der Waals surface area contributed by atoms with E-state index >= 15 is 4.39 Å². The number of piperazine rings is 1. The van der Waals surface area contributed by atoms with Gasteiger partial charge in [0.25, 0.3) is 22.7 Å². The molecule has 0 radical (unpaired) electrons. The van der Waals surface area contributed by atoms with Gasteiger partial charge in [-0.1, -0.05) is 11.8 Å². The highest BCUT2D eigenvalue weighted by Crippen LogP contribution is 2.28. The number of thioether (sulfide) groups is 1. The molecule has 0 spiro atoms. The lowest BCUT2D eigenvalue weighted by atomic mass is 10.1. The van der Waals surface area contributed by atoms with Crippen molar-refractivity contribution in [2.24, 2.45) is 5.10 Å². The first-order valence-electron chi connectivity index (χ1n) is 13.1. The highest BCUT2D eigenvalue weighted by atomic mass is 32.2. The van der Waals surface area contributed by atoms with Gasteiger partial charge in [0.05, 0.1) is 28.1 Å². The van der Waals surface area contributed by atoms with Crippen LogP contribution in [0.2, 0.25) is 0 Å². The number of fused-ring (bicyclic) bond motifs is 1. The molecule has 1 N–H and O–H groups in total. The first-order valence-corrected chi connectivity index (χ1v) is 14.0. The third-order valence-corrected chi connectivity index (χ3v) is 7.62. The first kappa shape index (κ1) is 28.9. The van der Waals surface area contributed by atoms with Crippen molar-refractivity contribution < 1.29 is 18.5 Å². The fourth-order valence-electron chi connectivity index (χ4n) is 4.50. The number of hydrazone groups is 1. The van der Waals surface area contributed by atoms with Crippen molar-refractivity contribution in [1.82, 2.24) is 25.1 Å². The van der Waals surface area contributed by atoms with Gasteiger partial charge in [0.15, 0.2) is 0 Å². The van der Waals surface area contributed by atoms with Crippen molar-refractivity contribution in [3.8, 4) is 11.5 Å². The molecule has 0 atom stereocenters. The normalized spacial score (nSPS) is 14.1. The van der Waals surface area contributed by atoms with Gasteiger partial charge in [-0.3, -0.25) is 19.7 Å². The number of anilines is 1. The van der Waals surface area contributed by atoms with Crippen LogP contribution in [0, 0.1) is 15.9 Å². The lowest BCUT2D eigenvalue weighted by Crippen LogP contribution is -2.44. The molecule has 0 unspecified atom stereocenters. The fraction of sp³-hybridized carbons (Fsp3) is 0.296. The lowest BCUT2D eigenvalue weighted by molar-refractivity contribution is -0.384. The zero-order valence-electron chi connectivity index (χ0n) is 22.8. The number of pyridine rings is 1. The molecule has 4 aromatic rings. The first-order chi connectivity index (χ1) is 20.2. The summed E-state index contributed by atoms with van der Waals surface area (Å²) in [5.41, 5.74) is 3.65. The number of aromatic nitrogens is 3. The number of hydrogen-bond acceptors (Lipinski definition) is 11. The van der Waals surface area contributed by atoms with E-state index in [-0.39, 0.29) is 33.5 Å². The number of nitrogens with zero attached hydrogens (tertiary/aromatic N) is 7. The van der Waals surface area contributed by atoms with Gasteiger partial charge in [0.1, 0.15) is 11.4 Å². The Balaban J connectivity index is 1.28. The second-order valence-electron chi connectivity index (χ2n) is 9.57. The summed E-state index contributed by atoms with van der Waals surface area (Å²) in [7, 11) is 2.03. The molecule has 0 bridgehead atoms. The van der Waals surface area contributed by atoms with Crippen molar-refractivity contribution in [3.05, 3.63) is 74.3 Å². The summed E-state index contributed by atoms with van der Waals surface area (Å²) in [5.74, 6) is -1.06. The van der Waals surface area contributed by atoms with Crippen LogP contribution >= 0.6 is 11.8 Å². The van der Waals surface area contributed by atoms with Crippen LogP contribution < -0.4 is 15.8 Å². The molecule has 1 fully saturated rings. The summed E-state index contributed by atoms with van der Waals surface area (Å²) in [6.07, 6.45) is 2.98. The van der Waals surface area contributed by atoms with E-state index in [0.717, 1.165) is 24.9 Å². The number of non-ortho nitro benzene ring substituents is 1. The topological polar surface area (TPSA) is 152 Å². The summed E-state index contributed by atoms with van der Waals surface area (Å²) in [5, 5.41) is 22.8. The lowest BCUT2D eigenvalue weighted by Gasteiger charge is -2.34. The van der Waals surface area contributed by atoms with E-state index in [1.54, 1.807) is 12.3 Å². The number of nitro groups is 1. The van der Waals surface area contributed by atoms with Crippen LogP contribution in [-0.2, 0) is 11.3 Å². The third-order valence-electron chi connectivity index (χ3n) is 6.80. The maximum absolute atomic E-state index is 15.2. The molecule has 1 aliphatic rings. The fourth-order valence-corrected chi connectivity index (χ4v) is 5.06. The molecule has 13 nitrogen and oxygen atoms in total. The molecule has 0 aliphatic carbocycles. The Kier molecular flexibility index (Phi) is 8.59. The van der Waals surface area contributed by atoms with Gasteiger partial charge in [-0.15, -0.1) is 10.2 Å². The van der Waals surface area contributed by atoms with E-state index < -0.39 is 22.1 Å². The van der Waals surface area contributed by atoms with E-state index in [4.69, 9.17) is 4.42 Å². The zero-order valence-corrected chi connectivity index (χ0v) is 23.6. The summed E-state index contributed by atoms with van der Waals surface area (Å²) >= 11 is 0.956. The van der Waals surface area contributed by atoms with Gasteiger partial charge in [0.2, 0.25) is 5.43 Å². The van der Waals surface area contributed by atoms with Gasteiger partial charge >= 0.3 is 0 Å². The Morgan fingerprint density at radius 1 is 1.21 bits per heavy atom. The molecule has 218 valence electrons. The van der Waals surface area contributed by atoms with E-state index in [2.05, 4.69) is 25.6 Å². The highest BCUT2D eigenvalue weighted by molar-refractivity contribution is 7.99. The largest absolute Gasteiger partial charge is 0.411 e. The molecule has 2 aromatic carbocycles.